The van der Waals surface area contributed by atoms with Gasteiger partial charge in [0.25, 0.3) is 0 Å². The molecule has 1 aromatic rings. The number of aldehydes is 1. The Balaban J connectivity index is 1.92. The minimum absolute atomic E-state index is 0.287. The standard InChI is InChI=1S/C13H16BrNO/c14-13-4-2-1-3-12(13)9-15-7-5-11(10-16)6-8-15/h1-4,10-11H,5-9H2. The van der Waals surface area contributed by atoms with Crippen molar-refractivity contribution in [1.29, 1.82) is 0 Å². The molecule has 1 aromatic carbocycles. The highest BCUT2D eigenvalue weighted by molar-refractivity contribution is 9.10. The maximum Gasteiger partial charge on any atom is 0.123 e. The summed E-state index contributed by atoms with van der Waals surface area (Å²) in [5.41, 5.74) is 1.33. The van der Waals surface area contributed by atoms with Gasteiger partial charge in [-0.25, -0.2) is 0 Å². The van der Waals surface area contributed by atoms with Crippen molar-refractivity contribution >= 4 is 22.2 Å². The summed E-state index contributed by atoms with van der Waals surface area (Å²) in [5.74, 6) is 0.287. The molecule has 0 unspecified atom stereocenters. The van der Waals surface area contributed by atoms with Crippen LogP contribution >= 0.6 is 15.9 Å². The zero-order chi connectivity index (χ0) is 11.4. The van der Waals surface area contributed by atoms with E-state index >= 15 is 0 Å². The normalized spacial score (nSPS) is 18.6. The Hall–Kier alpha value is -0.670. The van der Waals surface area contributed by atoms with E-state index in [1.807, 2.05) is 6.07 Å². The van der Waals surface area contributed by atoms with E-state index in [0.29, 0.717) is 0 Å². The lowest BCUT2D eigenvalue weighted by molar-refractivity contribution is -0.112. The van der Waals surface area contributed by atoms with Crippen LogP contribution in [0, 0.1) is 5.92 Å². The van der Waals surface area contributed by atoms with E-state index in [2.05, 4.69) is 39.0 Å². The van der Waals surface area contributed by atoms with Gasteiger partial charge in [-0.1, -0.05) is 34.1 Å². The summed E-state index contributed by atoms with van der Waals surface area (Å²) < 4.78 is 1.17. The summed E-state index contributed by atoms with van der Waals surface area (Å²) in [6, 6.07) is 8.33. The second-order valence-corrected chi connectivity index (χ2v) is 5.20. The van der Waals surface area contributed by atoms with Crippen molar-refractivity contribution in [3.05, 3.63) is 34.3 Å². The lowest BCUT2D eigenvalue weighted by Gasteiger charge is -2.29. The molecule has 0 aliphatic carbocycles. The van der Waals surface area contributed by atoms with E-state index in [1.165, 1.54) is 10.0 Å². The molecule has 2 nitrogen and oxygen atoms in total. The quantitative estimate of drug-likeness (QED) is 0.795. The molecule has 0 N–H and O–H groups in total. The lowest BCUT2D eigenvalue weighted by Crippen LogP contribution is -2.33. The molecule has 16 heavy (non-hydrogen) atoms. The number of rotatable bonds is 3. The van der Waals surface area contributed by atoms with Gasteiger partial charge in [0.15, 0.2) is 0 Å². The first-order valence-electron chi connectivity index (χ1n) is 5.70. The molecular formula is C13H16BrNO. The van der Waals surface area contributed by atoms with Gasteiger partial charge in [0.05, 0.1) is 0 Å². The van der Waals surface area contributed by atoms with Crippen LogP contribution in [0.4, 0.5) is 0 Å². The van der Waals surface area contributed by atoms with Crippen molar-refractivity contribution in [2.24, 2.45) is 5.92 Å². The number of piperidine rings is 1. The first-order chi connectivity index (χ1) is 7.79. The average molecular weight is 282 g/mol. The monoisotopic (exact) mass is 281 g/mol. The van der Waals surface area contributed by atoms with E-state index < -0.39 is 0 Å². The third kappa shape index (κ3) is 2.92. The Labute approximate surface area is 105 Å². The summed E-state index contributed by atoms with van der Waals surface area (Å²) >= 11 is 3.57. The SMILES string of the molecule is O=CC1CCN(Cc2ccccc2Br)CC1. The summed E-state index contributed by atoms with van der Waals surface area (Å²) in [4.78, 5) is 13.1. The zero-order valence-electron chi connectivity index (χ0n) is 9.23. The fourth-order valence-corrected chi connectivity index (χ4v) is 2.52. The Morgan fingerprint density at radius 3 is 2.62 bits per heavy atom. The minimum Gasteiger partial charge on any atom is -0.303 e. The summed E-state index contributed by atoms with van der Waals surface area (Å²) in [7, 11) is 0. The van der Waals surface area contributed by atoms with Gasteiger partial charge in [0, 0.05) is 16.9 Å². The number of halogens is 1. The van der Waals surface area contributed by atoms with E-state index in [-0.39, 0.29) is 5.92 Å². The van der Waals surface area contributed by atoms with E-state index in [9.17, 15) is 4.79 Å². The molecule has 0 saturated carbocycles. The number of hydrogen-bond acceptors (Lipinski definition) is 2. The summed E-state index contributed by atoms with van der Waals surface area (Å²) in [5, 5.41) is 0. The van der Waals surface area contributed by atoms with Gasteiger partial charge in [-0.15, -0.1) is 0 Å². The van der Waals surface area contributed by atoms with E-state index in [0.717, 1.165) is 38.8 Å². The molecular weight excluding hydrogens is 266 g/mol. The van der Waals surface area contributed by atoms with Crippen LogP contribution in [-0.4, -0.2) is 24.3 Å². The zero-order valence-corrected chi connectivity index (χ0v) is 10.8. The number of likely N-dealkylation sites (tertiary alicyclic amines) is 1. The van der Waals surface area contributed by atoms with Gasteiger partial charge in [-0.05, 0) is 37.6 Å². The molecule has 1 heterocycles. The number of carbonyl (C=O) groups is 1. The van der Waals surface area contributed by atoms with E-state index in [1.54, 1.807) is 0 Å². The summed E-state index contributed by atoms with van der Waals surface area (Å²) in [6.07, 6.45) is 3.12. The second kappa shape index (κ2) is 5.60. The number of hydrogen-bond donors (Lipinski definition) is 0. The van der Waals surface area contributed by atoms with Crippen molar-refractivity contribution in [2.45, 2.75) is 19.4 Å². The van der Waals surface area contributed by atoms with Crippen LogP contribution in [0.25, 0.3) is 0 Å². The number of carbonyl (C=O) groups excluding carboxylic acids is 1. The fraction of sp³-hybridized carbons (Fsp3) is 0.462. The maximum absolute atomic E-state index is 10.7. The molecule has 0 radical (unpaired) electrons. The molecule has 3 heteroatoms. The first-order valence-corrected chi connectivity index (χ1v) is 6.50. The number of benzene rings is 1. The first kappa shape index (κ1) is 11.8. The molecule has 0 amide bonds. The summed E-state index contributed by atoms with van der Waals surface area (Å²) in [6.45, 7) is 3.04. The largest absolute Gasteiger partial charge is 0.303 e. The second-order valence-electron chi connectivity index (χ2n) is 4.34. The molecule has 1 saturated heterocycles. The highest BCUT2D eigenvalue weighted by Gasteiger charge is 2.18. The number of nitrogens with zero attached hydrogens (tertiary/aromatic N) is 1. The minimum atomic E-state index is 0.287. The van der Waals surface area contributed by atoms with Crippen LogP contribution in [0.1, 0.15) is 18.4 Å². The Kier molecular flexibility index (Phi) is 4.13. The fourth-order valence-electron chi connectivity index (χ4n) is 2.11. The molecule has 0 atom stereocenters. The van der Waals surface area contributed by atoms with Crippen molar-refractivity contribution < 1.29 is 4.79 Å². The Bertz CT molecular complexity index is 359. The van der Waals surface area contributed by atoms with Gasteiger partial charge < -0.3 is 4.79 Å². The van der Waals surface area contributed by atoms with Gasteiger partial charge in [-0.2, -0.15) is 0 Å². The topological polar surface area (TPSA) is 20.3 Å². The maximum atomic E-state index is 10.7. The molecule has 0 bridgehead atoms. The molecule has 1 aliphatic heterocycles. The third-order valence-corrected chi connectivity index (χ3v) is 3.95. The van der Waals surface area contributed by atoms with Crippen molar-refractivity contribution in [1.82, 2.24) is 4.90 Å². The predicted molar refractivity (Wildman–Crippen MR) is 68.2 cm³/mol. The van der Waals surface area contributed by atoms with Crippen LogP contribution in [0.3, 0.4) is 0 Å². The molecule has 0 spiro atoms. The smallest absolute Gasteiger partial charge is 0.123 e. The van der Waals surface area contributed by atoms with E-state index in [4.69, 9.17) is 0 Å². The van der Waals surface area contributed by atoms with Gasteiger partial charge >= 0.3 is 0 Å². The Morgan fingerprint density at radius 1 is 1.31 bits per heavy atom. The van der Waals surface area contributed by atoms with Crippen molar-refractivity contribution in [3.63, 3.8) is 0 Å². The van der Waals surface area contributed by atoms with Gasteiger partial charge in [-0.3, -0.25) is 4.90 Å². The lowest BCUT2D eigenvalue weighted by atomic mass is 9.98. The van der Waals surface area contributed by atoms with Crippen LogP contribution in [0.15, 0.2) is 28.7 Å². The molecule has 1 aliphatic rings. The third-order valence-electron chi connectivity index (χ3n) is 3.18. The Morgan fingerprint density at radius 2 is 2.00 bits per heavy atom. The van der Waals surface area contributed by atoms with Crippen LogP contribution < -0.4 is 0 Å². The molecule has 0 aromatic heterocycles. The van der Waals surface area contributed by atoms with Crippen LogP contribution in [0.2, 0.25) is 0 Å². The van der Waals surface area contributed by atoms with Crippen LogP contribution in [-0.2, 0) is 11.3 Å². The highest BCUT2D eigenvalue weighted by atomic mass is 79.9. The van der Waals surface area contributed by atoms with Crippen molar-refractivity contribution in [2.75, 3.05) is 13.1 Å². The van der Waals surface area contributed by atoms with Crippen molar-refractivity contribution in [3.8, 4) is 0 Å². The molecule has 2 rings (SSSR count). The van der Waals surface area contributed by atoms with Gasteiger partial charge in [0.2, 0.25) is 0 Å². The van der Waals surface area contributed by atoms with Crippen LogP contribution in [0.5, 0.6) is 0 Å². The van der Waals surface area contributed by atoms with Gasteiger partial charge in [0.1, 0.15) is 6.29 Å². The molecule has 86 valence electrons. The molecule has 1 fully saturated rings. The average Bonchev–Trinajstić information content (AvgIpc) is 2.33. The predicted octanol–water partition coefficient (Wildman–Crippen LogP) is 2.86. The highest BCUT2D eigenvalue weighted by Crippen LogP contribution is 2.21.